The topological polar surface area (TPSA) is 0 Å². The number of rotatable bonds is 2. The maximum absolute atomic E-state index is 2.62. The second kappa shape index (κ2) is 2.81. The standard InChI is InChI=1S/C15H26/c1-5-8-14(4)10(2)6-7-12-11(3)15(14)9-13(12)15/h10-13H,5-9H2,1-4H3. The van der Waals surface area contributed by atoms with Crippen LogP contribution >= 0.6 is 0 Å². The molecule has 2 bridgehead atoms. The minimum absolute atomic E-state index is 0.679. The third-order valence-electron chi connectivity index (χ3n) is 6.88. The summed E-state index contributed by atoms with van der Waals surface area (Å²) in [5.74, 6) is 4.28. The van der Waals surface area contributed by atoms with E-state index in [1.54, 1.807) is 6.42 Å². The Labute approximate surface area is 94.8 Å². The number of fused-ring (bicyclic) bond motifs is 2. The van der Waals surface area contributed by atoms with Crippen LogP contribution in [-0.2, 0) is 0 Å². The van der Waals surface area contributed by atoms with E-state index in [1.165, 1.54) is 25.7 Å². The molecule has 3 aliphatic rings. The summed E-state index contributed by atoms with van der Waals surface area (Å²) in [4.78, 5) is 0. The predicted octanol–water partition coefficient (Wildman–Crippen LogP) is 4.49. The molecule has 6 unspecified atom stereocenters. The smallest absolute Gasteiger partial charge is 0.0178 e. The van der Waals surface area contributed by atoms with Gasteiger partial charge in [0.25, 0.3) is 0 Å². The van der Waals surface area contributed by atoms with Crippen molar-refractivity contribution in [1.29, 1.82) is 0 Å². The first-order valence-electron chi connectivity index (χ1n) is 7.08. The van der Waals surface area contributed by atoms with Crippen LogP contribution in [0.1, 0.15) is 59.8 Å². The van der Waals surface area contributed by atoms with E-state index in [2.05, 4.69) is 27.7 Å². The summed E-state index contributed by atoms with van der Waals surface area (Å²) in [7, 11) is 0. The zero-order chi connectivity index (χ0) is 10.8. The van der Waals surface area contributed by atoms with Crippen molar-refractivity contribution >= 4 is 0 Å². The van der Waals surface area contributed by atoms with Gasteiger partial charge in [-0.3, -0.25) is 0 Å². The van der Waals surface area contributed by atoms with Crippen LogP contribution in [0.4, 0.5) is 0 Å². The first kappa shape index (κ1) is 10.2. The van der Waals surface area contributed by atoms with Crippen LogP contribution in [-0.4, -0.2) is 0 Å². The molecule has 3 rings (SSSR count). The highest BCUT2D eigenvalue weighted by Gasteiger charge is 2.78. The summed E-state index contributed by atoms with van der Waals surface area (Å²) in [6.45, 7) is 10.1. The molecule has 0 amide bonds. The fourth-order valence-corrected chi connectivity index (χ4v) is 5.82. The second-order valence-electron chi connectivity index (χ2n) is 6.95. The van der Waals surface area contributed by atoms with Gasteiger partial charge in [-0.15, -0.1) is 0 Å². The van der Waals surface area contributed by atoms with Crippen LogP contribution in [0.25, 0.3) is 0 Å². The Hall–Kier alpha value is 0. The SMILES string of the molecule is CCCC1(C)C(C)CCC2C(C)C13CC23. The molecule has 1 spiro atoms. The van der Waals surface area contributed by atoms with Crippen molar-refractivity contribution in [1.82, 2.24) is 0 Å². The highest BCUT2D eigenvalue weighted by Crippen LogP contribution is 2.85. The molecule has 0 radical (unpaired) electrons. The summed E-state index contributed by atoms with van der Waals surface area (Å²) in [6.07, 6.45) is 7.48. The molecule has 3 fully saturated rings. The average molecular weight is 206 g/mol. The van der Waals surface area contributed by atoms with Crippen LogP contribution in [0.3, 0.4) is 0 Å². The van der Waals surface area contributed by atoms with Crippen molar-refractivity contribution in [3.63, 3.8) is 0 Å². The molecule has 0 heterocycles. The summed E-state index contributed by atoms with van der Waals surface area (Å²) in [6, 6.07) is 0. The van der Waals surface area contributed by atoms with Crippen molar-refractivity contribution in [3.8, 4) is 0 Å². The Morgan fingerprint density at radius 1 is 1.20 bits per heavy atom. The molecule has 86 valence electrons. The molecule has 15 heavy (non-hydrogen) atoms. The van der Waals surface area contributed by atoms with Crippen LogP contribution in [0, 0.1) is 34.5 Å². The van der Waals surface area contributed by atoms with Crippen LogP contribution < -0.4 is 0 Å². The van der Waals surface area contributed by atoms with Crippen LogP contribution in [0.15, 0.2) is 0 Å². The Morgan fingerprint density at radius 3 is 2.53 bits per heavy atom. The molecule has 0 nitrogen and oxygen atoms in total. The number of hydrogen-bond acceptors (Lipinski definition) is 0. The summed E-state index contributed by atoms with van der Waals surface area (Å²) >= 11 is 0. The van der Waals surface area contributed by atoms with E-state index < -0.39 is 0 Å². The third kappa shape index (κ3) is 0.913. The molecule has 0 aromatic rings. The lowest BCUT2D eigenvalue weighted by Gasteiger charge is -2.52. The van der Waals surface area contributed by atoms with E-state index in [0.29, 0.717) is 5.41 Å². The first-order chi connectivity index (χ1) is 7.08. The van der Waals surface area contributed by atoms with Gasteiger partial charge in [0, 0.05) is 0 Å². The van der Waals surface area contributed by atoms with Gasteiger partial charge in [0.1, 0.15) is 0 Å². The zero-order valence-corrected chi connectivity index (χ0v) is 10.8. The average Bonchev–Trinajstić information content (AvgIpc) is 2.90. The molecule has 3 saturated carbocycles. The fourth-order valence-electron chi connectivity index (χ4n) is 5.82. The minimum Gasteiger partial charge on any atom is -0.0654 e. The van der Waals surface area contributed by atoms with Gasteiger partial charge in [-0.2, -0.15) is 0 Å². The molecular weight excluding hydrogens is 180 g/mol. The normalized spacial score (nSPS) is 61.6. The van der Waals surface area contributed by atoms with E-state index in [0.717, 1.165) is 29.1 Å². The first-order valence-corrected chi connectivity index (χ1v) is 7.08. The highest BCUT2D eigenvalue weighted by atomic mass is 14.8. The maximum atomic E-state index is 2.62. The lowest BCUT2D eigenvalue weighted by atomic mass is 9.52. The molecule has 0 N–H and O–H groups in total. The molecule has 3 aliphatic carbocycles. The molecule has 0 aromatic carbocycles. The Kier molecular flexibility index (Phi) is 1.91. The Balaban J connectivity index is 1.96. The van der Waals surface area contributed by atoms with Crippen molar-refractivity contribution < 1.29 is 0 Å². The fraction of sp³-hybridized carbons (Fsp3) is 1.00. The molecular formula is C15H26. The van der Waals surface area contributed by atoms with Gasteiger partial charge in [0.2, 0.25) is 0 Å². The highest BCUT2D eigenvalue weighted by molar-refractivity contribution is 5.26. The maximum Gasteiger partial charge on any atom is -0.0178 e. The molecule has 0 aliphatic heterocycles. The van der Waals surface area contributed by atoms with Crippen LogP contribution in [0.2, 0.25) is 0 Å². The zero-order valence-electron chi connectivity index (χ0n) is 10.8. The van der Waals surface area contributed by atoms with E-state index >= 15 is 0 Å². The number of hydrogen-bond donors (Lipinski definition) is 0. The predicted molar refractivity (Wildman–Crippen MR) is 64.6 cm³/mol. The van der Waals surface area contributed by atoms with Gasteiger partial charge < -0.3 is 0 Å². The van der Waals surface area contributed by atoms with Crippen molar-refractivity contribution in [2.24, 2.45) is 34.5 Å². The Morgan fingerprint density at radius 2 is 1.93 bits per heavy atom. The van der Waals surface area contributed by atoms with Gasteiger partial charge in [-0.25, -0.2) is 0 Å². The lowest BCUT2D eigenvalue weighted by molar-refractivity contribution is -0.0447. The second-order valence-corrected chi connectivity index (χ2v) is 6.95. The molecule has 0 aromatic heterocycles. The minimum atomic E-state index is 0.679. The molecule has 0 heteroatoms. The summed E-state index contributed by atoms with van der Waals surface area (Å²) < 4.78 is 0. The third-order valence-corrected chi connectivity index (χ3v) is 6.88. The van der Waals surface area contributed by atoms with E-state index in [1.807, 2.05) is 0 Å². The Bertz CT molecular complexity index is 282. The molecule has 0 saturated heterocycles. The van der Waals surface area contributed by atoms with Crippen molar-refractivity contribution in [2.75, 3.05) is 0 Å². The van der Waals surface area contributed by atoms with Gasteiger partial charge in [0.15, 0.2) is 0 Å². The quantitative estimate of drug-likeness (QED) is 0.624. The molecule has 6 atom stereocenters. The summed E-state index contributed by atoms with van der Waals surface area (Å²) in [5.41, 5.74) is 1.49. The van der Waals surface area contributed by atoms with Gasteiger partial charge >= 0.3 is 0 Å². The van der Waals surface area contributed by atoms with Crippen LogP contribution in [0.5, 0.6) is 0 Å². The van der Waals surface area contributed by atoms with Crippen molar-refractivity contribution in [3.05, 3.63) is 0 Å². The summed E-state index contributed by atoms with van der Waals surface area (Å²) in [5, 5.41) is 0. The van der Waals surface area contributed by atoms with E-state index in [9.17, 15) is 0 Å². The van der Waals surface area contributed by atoms with Crippen molar-refractivity contribution in [2.45, 2.75) is 59.8 Å². The van der Waals surface area contributed by atoms with E-state index in [4.69, 9.17) is 0 Å². The van der Waals surface area contributed by atoms with E-state index in [-0.39, 0.29) is 0 Å². The van der Waals surface area contributed by atoms with Gasteiger partial charge in [0.05, 0.1) is 0 Å². The van der Waals surface area contributed by atoms with Gasteiger partial charge in [-0.1, -0.05) is 34.1 Å². The van der Waals surface area contributed by atoms with Gasteiger partial charge in [-0.05, 0) is 60.2 Å². The lowest BCUT2D eigenvalue weighted by Crippen LogP contribution is -2.47. The largest absolute Gasteiger partial charge is 0.0654 e. The monoisotopic (exact) mass is 206 g/mol.